The molecule has 0 atom stereocenters. The van der Waals surface area contributed by atoms with Crippen LogP contribution in [0.2, 0.25) is 0 Å². The summed E-state index contributed by atoms with van der Waals surface area (Å²) in [5, 5.41) is 10.7. The lowest BCUT2D eigenvalue weighted by molar-refractivity contribution is 0.0748. The smallest absolute Gasteiger partial charge is 0.274 e. The average Bonchev–Trinajstić information content (AvgIpc) is 2.99. The monoisotopic (exact) mass is 322 g/mol. The highest BCUT2D eigenvalue weighted by molar-refractivity contribution is 5.84. The van der Waals surface area contributed by atoms with Crippen LogP contribution < -0.4 is 10.6 Å². The first-order valence-corrected chi connectivity index (χ1v) is 7.52. The van der Waals surface area contributed by atoms with Crippen molar-refractivity contribution in [3.05, 3.63) is 66.7 Å². The zero-order valence-corrected chi connectivity index (χ0v) is 13.3. The summed E-state index contributed by atoms with van der Waals surface area (Å²) in [6.45, 7) is -0.0457. The number of nitrogens with zero attached hydrogens (tertiary/aromatic N) is 2. The van der Waals surface area contributed by atoms with Gasteiger partial charge in [0.1, 0.15) is 12.4 Å². The lowest BCUT2D eigenvalue weighted by Gasteiger charge is -2.07. The standard InChI is InChI=1S/C18H18N4O2/c1-24-13-18(23)22-17(20-15-10-6-3-7-11-15)12-16(21-22)19-14-8-4-2-5-9-14/h2-12,20H,13H2,1H3,(H,19,21). The molecule has 6 nitrogen and oxygen atoms in total. The molecule has 0 unspecified atom stereocenters. The number of nitrogens with one attached hydrogen (secondary N) is 2. The van der Waals surface area contributed by atoms with Crippen molar-refractivity contribution in [2.24, 2.45) is 0 Å². The third-order valence-electron chi connectivity index (χ3n) is 3.31. The summed E-state index contributed by atoms with van der Waals surface area (Å²) in [7, 11) is 1.48. The zero-order valence-electron chi connectivity index (χ0n) is 13.3. The summed E-state index contributed by atoms with van der Waals surface area (Å²) in [5.41, 5.74) is 1.77. The number of para-hydroxylation sites is 2. The number of anilines is 4. The SMILES string of the molecule is COCC(=O)n1nc(Nc2ccccc2)cc1Nc1ccccc1. The van der Waals surface area contributed by atoms with Gasteiger partial charge in [-0.2, -0.15) is 4.68 Å². The van der Waals surface area contributed by atoms with Crippen LogP contribution in [0.5, 0.6) is 0 Å². The number of carbonyl (C=O) groups excluding carboxylic acids is 1. The molecule has 0 spiro atoms. The number of carbonyl (C=O) groups is 1. The Morgan fingerprint density at radius 3 is 2.17 bits per heavy atom. The highest BCUT2D eigenvalue weighted by atomic mass is 16.5. The van der Waals surface area contributed by atoms with E-state index in [0.29, 0.717) is 11.6 Å². The average molecular weight is 322 g/mol. The molecule has 2 N–H and O–H groups in total. The summed E-state index contributed by atoms with van der Waals surface area (Å²) < 4.78 is 6.24. The van der Waals surface area contributed by atoms with E-state index in [9.17, 15) is 4.79 Å². The van der Waals surface area contributed by atoms with Gasteiger partial charge in [-0.05, 0) is 24.3 Å². The van der Waals surface area contributed by atoms with Crippen LogP contribution in [0, 0.1) is 0 Å². The number of ether oxygens (including phenoxy) is 1. The van der Waals surface area contributed by atoms with Gasteiger partial charge in [-0.3, -0.25) is 4.79 Å². The molecule has 0 aliphatic rings. The molecule has 24 heavy (non-hydrogen) atoms. The number of benzene rings is 2. The van der Waals surface area contributed by atoms with E-state index >= 15 is 0 Å². The van der Waals surface area contributed by atoms with E-state index < -0.39 is 0 Å². The molecule has 0 radical (unpaired) electrons. The van der Waals surface area contributed by atoms with Crippen molar-refractivity contribution < 1.29 is 9.53 Å². The van der Waals surface area contributed by atoms with E-state index in [-0.39, 0.29) is 12.5 Å². The molecule has 1 aromatic heterocycles. The summed E-state index contributed by atoms with van der Waals surface area (Å²) >= 11 is 0. The maximum atomic E-state index is 12.2. The third-order valence-corrected chi connectivity index (χ3v) is 3.31. The highest BCUT2D eigenvalue weighted by Crippen LogP contribution is 2.22. The Balaban J connectivity index is 1.88. The minimum absolute atomic E-state index is 0.0457. The van der Waals surface area contributed by atoms with Gasteiger partial charge in [0.25, 0.3) is 5.91 Å². The fourth-order valence-corrected chi connectivity index (χ4v) is 2.24. The van der Waals surface area contributed by atoms with Crippen molar-refractivity contribution in [1.29, 1.82) is 0 Å². The first-order valence-electron chi connectivity index (χ1n) is 7.52. The predicted molar refractivity (Wildman–Crippen MR) is 94.2 cm³/mol. The van der Waals surface area contributed by atoms with Crippen molar-refractivity contribution >= 4 is 28.9 Å². The topological polar surface area (TPSA) is 68.2 Å². The normalized spacial score (nSPS) is 10.4. The molecule has 3 aromatic rings. The highest BCUT2D eigenvalue weighted by Gasteiger charge is 2.14. The van der Waals surface area contributed by atoms with E-state index in [4.69, 9.17) is 4.74 Å². The molecule has 0 aliphatic carbocycles. The number of methoxy groups -OCH3 is 1. The molecule has 0 saturated heterocycles. The molecule has 0 bridgehead atoms. The van der Waals surface area contributed by atoms with Crippen molar-refractivity contribution in [1.82, 2.24) is 9.78 Å². The van der Waals surface area contributed by atoms with Crippen LogP contribution in [0.1, 0.15) is 4.79 Å². The summed E-state index contributed by atoms with van der Waals surface area (Å²) in [5.74, 6) is 0.891. The van der Waals surface area contributed by atoms with E-state index in [1.165, 1.54) is 11.8 Å². The maximum Gasteiger partial charge on any atom is 0.274 e. The first-order chi connectivity index (χ1) is 11.8. The van der Waals surface area contributed by atoms with Gasteiger partial charge in [0.15, 0.2) is 5.82 Å². The van der Waals surface area contributed by atoms with Gasteiger partial charge in [0.05, 0.1) is 0 Å². The first kappa shape index (κ1) is 15.8. The van der Waals surface area contributed by atoms with Crippen LogP contribution >= 0.6 is 0 Å². The number of hydrogen-bond acceptors (Lipinski definition) is 5. The Labute approximate surface area is 140 Å². The number of rotatable bonds is 6. The van der Waals surface area contributed by atoms with E-state index in [2.05, 4.69) is 15.7 Å². The Kier molecular flexibility index (Phi) is 4.88. The molecule has 0 fully saturated rings. The second-order valence-electron chi connectivity index (χ2n) is 5.14. The van der Waals surface area contributed by atoms with Crippen LogP contribution in [0.4, 0.5) is 23.0 Å². The Bertz CT molecular complexity index is 800. The lowest BCUT2D eigenvalue weighted by atomic mass is 10.3. The summed E-state index contributed by atoms with van der Waals surface area (Å²) in [6.07, 6.45) is 0. The second kappa shape index (κ2) is 7.43. The molecular weight excluding hydrogens is 304 g/mol. The van der Waals surface area contributed by atoms with Gasteiger partial charge in [-0.1, -0.05) is 36.4 Å². The molecule has 0 amide bonds. The largest absolute Gasteiger partial charge is 0.375 e. The number of hydrogen-bond donors (Lipinski definition) is 2. The van der Waals surface area contributed by atoms with Crippen molar-refractivity contribution in [3.8, 4) is 0 Å². The molecule has 2 aromatic carbocycles. The van der Waals surface area contributed by atoms with E-state index in [0.717, 1.165) is 11.4 Å². The van der Waals surface area contributed by atoms with Crippen LogP contribution in [0.15, 0.2) is 66.7 Å². The molecule has 6 heteroatoms. The minimum atomic E-state index is -0.253. The van der Waals surface area contributed by atoms with Crippen molar-refractivity contribution in [3.63, 3.8) is 0 Å². The van der Waals surface area contributed by atoms with Gasteiger partial charge in [-0.15, -0.1) is 5.10 Å². The summed E-state index contributed by atoms with van der Waals surface area (Å²) in [4.78, 5) is 12.2. The molecular formula is C18H18N4O2. The quantitative estimate of drug-likeness (QED) is 0.725. The zero-order chi connectivity index (χ0) is 16.8. The van der Waals surface area contributed by atoms with Gasteiger partial charge in [-0.25, -0.2) is 0 Å². The van der Waals surface area contributed by atoms with Crippen LogP contribution in [0.3, 0.4) is 0 Å². The van der Waals surface area contributed by atoms with E-state index in [1.807, 2.05) is 60.7 Å². The number of aromatic nitrogens is 2. The Morgan fingerprint density at radius 2 is 1.58 bits per heavy atom. The molecule has 1 heterocycles. The molecule has 122 valence electrons. The predicted octanol–water partition coefficient (Wildman–Crippen LogP) is 3.66. The van der Waals surface area contributed by atoms with Crippen LogP contribution in [0.25, 0.3) is 0 Å². The lowest BCUT2D eigenvalue weighted by Crippen LogP contribution is -2.19. The minimum Gasteiger partial charge on any atom is -0.375 e. The fourth-order valence-electron chi connectivity index (χ4n) is 2.24. The van der Waals surface area contributed by atoms with Gasteiger partial charge in [0, 0.05) is 24.6 Å². The van der Waals surface area contributed by atoms with Crippen molar-refractivity contribution in [2.75, 3.05) is 24.4 Å². The van der Waals surface area contributed by atoms with Crippen LogP contribution in [-0.4, -0.2) is 29.4 Å². The third kappa shape index (κ3) is 3.80. The van der Waals surface area contributed by atoms with Crippen LogP contribution in [-0.2, 0) is 4.74 Å². The fraction of sp³-hybridized carbons (Fsp3) is 0.111. The Hall–Kier alpha value is -3.12. The van der Waals surface area contributed by atoms with Gasteiger partial charge in [0.2, 0.25) is 0 Å². The maximum absolute atomic E-state index is 12.2. The summed E-state index contributed by atoms with van der Waals surface area (Å²) in [6, 6.07) is 21.1. The molecule has 3 rings (SSSR count). The molecule has 0 saturated carbocycles. The Morgan fingerprint density at radius 1 is 1.00 bits per heavy atom. The molecule has 0 aliphatic heterocycles. The second-order valence-corrected chi connectivity index (χ2v) is 5.14. The van der Waals surface area contributed by atoms with Gasteiger partial charge >= 0.3 is 0 Å². The van der Waals surface area contributed by atoms with Crippen molar-refractivity contribution in [2.45, 2.75) is 0 Å². The van der Waals surface area contributed by atoms with Gasteiger partial charge < -0.3 is 15.4 Å². The van der Waals surface area contributed by atoms with E-state index in [1.54, 1.807) is 6.07 Å².